The van der Waals surface area contributed by atoms with Gasteiger partial charge >= 0.3 is 0 Å². The first-order valence-electron chi connectivity index (χ1n) is 6.88. The minimum absolute atomic E-state index is 0.0462. The third kappa shape index (κ3) is 3.81. The SMILES string of the molecule is CCCCc1ccc(NC(=O)C2CCC(=O)N2)cc1. The number of hydrogen-bond acceptors (Lipinski definition) is 2. The van der Waals surface area contributed by atoms with Crippen molar-refractivity contribution in [2.45, 2.75) is 45.1 Å². The molecule has 2 amide bonds. The lowest BCUT2D eigenvalue weighted by atomic mass is 10.1. The molecule has 0 radical (unpaired) electrons. The van der Waals surface area contributed by atoms with Crippen LogP contribution >= 0.6 is 0 Å². The summed E-state index contributed by atoms with van der Waals surface area (Å²) in [5, 5.41) is 5.50. The van der Waals surface area contributed by atoms with Gasteiger partial charge < -0.3 is 10.6 Å². The van der Waals surface area contributed by atoms with Crippen molar-refractivity contribution in [3.05, 3.63) is 29.8 Å². The molecule has 4 heteroatoms. The van der Waals surface area contributed by atoms with Crippen LogP contribution in [-0.2, 0) is 16.0 Å². The second kappa shape index (κ2) is 6.36. The van der Waals surface area contributed by atoms with Crippen LogP contribution in [0.4, 0.5) is 5.69 Å². The molecule has 0 bridgehead atoms. The van der Waals surface area contributed by atoms with Gasteiger partial charge in [-0.2, -0.15) is 0 Å². The molecule has 1 atom stereocenters. The lowest BCUT2D eigenvalue weighted by molar-refractivity contribution is -0.122. The van der Waals surface area contributed by atoms with Gasteiger partial charge in [-0.15, -0.1) is 0 Å². The molecule has 1 aromatic carbocycles. The molecule has 1 aliphatic heterocycles. The average Bonchev–Trinajstić information content (AvgIpc) is 2.85. The molecular formula is C15H20N2O2. The summed E-state index contributed by atoms with van der Waals surface area (Å²) in [6, 6.07) is 7.53. The second-order valence-corrected chi connectivity index (χ2v) is 4.95. The number of aryl methyl sites for hydroxylation is 1. The maximum absolute atomic E-state index is 11.9. The Morgan fingerprint density at radius 2 is 2.11 bits per heavy atom. The van der Waals surface area contributed by atoms with Crippen molar-refractivity contribution in [2.75, 3.05) is 5.32 Å². The molecule has 4 nitrogen and oxygen atoms in total. The van der Waals surface area contributed by atoms with Gasteiger partial charge in [0.15, 0.2) is 0 Å². The molecule has 0 saturated carbocycles. The van der Waals surface area contributed by atoms with Gasteiger partial charge in [-0.25, -0.2) is 0 Å². The van der Waals surface area contributed by atoms with E-state index in [1.807, 2.05) is 24.3 Å². The highest BCUT2D eigenvalue weighted by molar-refractivity contribution is 5.98. The Morgan fingerprint density at radius 1 is 1.37 bits per heavy atom. The molecule has 0 spiro atoms. The first kappa shape index (κ1) is 13.6. The van der Waals surface area contributed by atoms with E-state index in [0.29, 0.717) is 12.8 Å². The van der Waals surface area contributed by atoms with Crippen LogP contribution in [0.3, 0.4) is 0 Å². The summed E-state index contributed by atoms with van der Waals surface area (Å²) in [5.41, 5.74) is 2.07. The molecule has 1 aliphatic rings. The van der Waals surface area contributed by atoms with Crippen LogP contribution in [0, 0.1) is 0 Å². The lowest BCUT2D eigenvalue weighted by Gasteiger charge is -2.11. The van der Waals surface area contributed by atoms with E-state index in [1.54, 1.807) is 0 Å². The Bertz CT molecular complexity index is 454. The van der Waals surface area contributed by atoms with Gasteiger partial charge in [0.1, 0.15) is 6.04 Å². The minimum Gasteiger partial charge on any atom is -0.344 e. The van der Waals surface area contributed by atoms with Crippen LogP contribution in [0.25, 0.3) is 0 Å². The van der Waals surface area contributed by atoms with E-state index in [1.165, 1.54) is 18.4 Å². The maximum atomic E-state index is 11.9. The van der Waals surface area contributed by atoms with E-state index >= 15 is 0 Å². The quantitative estimate of drug-likeness (QED) is 0.853. The summed E-state index contributed by atoms with van der Waals surface area (Å²) < 4.78 is 0. The summed E-state index contributed by atoms with van der Waals surface area (Å²) in [4.78, 5) is 23.0. The van der Waals surface area contributed by atoms with E-state index in [9.17, 15) is 9.59 Å². The van der Waals surface area contributed by atoms with Gasteiger partial charge in [-0.3, -0.25) is 9.59 Å². The van der Waals surface area contributed by atoms with Crippen LogP contribution < -0.4 is 10.6 Å². The first-order valence-corrected chi connectivity index (χ1v) is 6.88. The molecule has 1 heterocycles. The van der Waals surface area contributed by atoms with Gasteiger partial charge in [-0.1, -0.05) is 25.5 Å². The van der Waals surface area contributed by atoms with E-state index in [-0.39, 0.29) is 17.9 Å². The van der Waals surface area contributed by atoms with Crippen molar-refractivity contribution in [1.82, 2.24) is 5.32 Å². The third-order valence-electron chi connectivity index (χ3n) is 3.35. The Balaban J connectivity index is 1.88. The molecule has 2 rings (SSSR count). The average molecular weight is 260 g/mol. The summed E-state index contributed by atoms with van der Waals surface area (Å²) in [6.45, 7) is 2.17. The fraction of sp³-hybridized carbons (Fsp3) is 0.467. The molecule has 1 unspecified atom stereocenters. The van der Waals surface area contributed by atoms with E-state index < -0.39 is 0 Å². The highest BCUT2D eigenvalue weighted by atomic mass is 16.2. The van der Waals surface area contributed by atoms with Crippen molar-refractivity contribution in [3.63, 3.8) is 0 Å². The molecule has 0 aliphatic carbocycles. The van der Waals surface area contributed by atoms with Gasteiger partial charge in [-0.05, 0) is 37.0 Å². The predicted molar refractivity (Wildman–Crippen MR) is 74.8 cm³/mol. The molecule has 1 saturated heterocycles. The summed E-state index contributed by atoms with van der Waals surface area (Å²) >= 11 is 0. The van der Waals surface area contributed by atoms with Gasteiger partial charge in [0.05, 0.1) is 0 Å². The molecule has 0 aromatic heterocycles. The zero-order valence-corrected chi connectivity index (χ0v) is 11.2. The van der Waals surface area contributed by atoms with Crippen LogP contribution in [0.1, 0.15) is 38.2 Å². The number of carbonyl (C=O) groups excluding carboxylic acids is 2. The summed E-state index contributed by atoms with van der Waals surface area (Å²) in [6.07, 6.45) is 4.45. The largest absolute Gasteiger partial charge is 0.344 e. The molecule has 19 heavy (non-hydrogen) atoms. The zero-order chi connectivity index (χ0) is 13.7. The Kier molecular flexibility index (Phi) is 4.55. The van der Waals surface area contributed by atoms with Crippen molar-refractivity contribution in [2.24, 2.45) is 0 Å². The monoisotopic (exact) mass is 260 g/mol. The normalized spacial score (nSPS) is 18.2. The topological polar surface area (TPSA) is 58.2 Å². The van der Waals surface area contributed by atoms with Crippen molar-refractivity contribution in [3.8, 4) is 0 Å². The Labute approximate surface area is 113 Å². The second-order valence-electron chi connectivity index (χ2n) is 4.95. The van der Waals surface area contributed by atoms with Crippen LogP contribution in [0.15, 0.2) is 24.3 Å². The Hall–Kier alpha value is -1.84. The number of unbranched alkanes of at least 4 members (excludes halogenated alkanes) is 1. The smallest absolute Gasteiger partial charge is 0.246 e. The van der Waals surface area contributed by atoms with Crippen LogP contribution in [-0.4, -0.2) is 17.9 Å². The number of nitrogens with one attached hydrogen (secondary N) is 2. The standard InChI is InChI=1S/C15H20N2O2/c1-2-3-4-11-5-7-12(8-6-11)16-15(19)13-9-10-14(18)17-13/h5-8,13H,2-4,9-10H2,1H3,(H,16,19)(H,17,18). The number of rotatable bonds is 5. The predicted octanol–water partition coefficient (Wildman–Crippen LogP) is 2.25. The van der Waals surface area contributed by atoms with Crippen molar-refractivity contribution < 1.29 is 9.59 Å². The van der Waals surface area contributed by atoms with E-state index in [0.717, 1.165) is 12.1 Å². The fourth-order valence-corrected chi connectivity index (χ4v) is 2.18. The molecule has 1 fully saturated rings. The van der Waals surface area contributed by atoms with Gasteiger partial charge in [0.2, 0.25) is 11.8 Å². The molecular weight excluding hydrogens is 240 g/mol. The van der Waals surface area contributed by atoms with Crippen LogP contribution in [0.2, 0.25) is 0 Å². The molecule has 102 valence electrons. The number of benzene rings is 1. The minimum atomic E-state index is -0.382. The number of amides is 2. The Morgan fingerprint density at radius 3 is 2.68 bits per heavy atom. The van der Waals surface area contributed by atoms with E-state index in [2.05, 4.69) is 17.6 Å². The third-order valence-corrected chi connectivity index (χ3v) is 3.35. The van der Waals surface area contributed by atoms with Crippen LogP contribution in [0.5, 0.6) is 0 Å². The highest BCUT2D eigenvalue weighted by Gasteiger charge is 2.26. The maximum Gasteiger partial charge on any atom is 0.246 e. The fourth-order valence-electron chi connectivity index (χ4n) is 2.18. The van der Waals surface area contributed by atoms with E-state index in [4.69, 9.17) is 0 Å². The van der Waals surface area contributed by atoms with Gasteiger partial charge in [0.25, 0.3) is 0 Å². The lowest BCUT2D eigenvalue weighted by Crippen LogP contribution is -2.37. The first-order chi connectivity index (χ1) is 9.19. The number of carbonyl (C=O) groups is 2. The highest BCUT2D eigenvalue weighted by Crippen LogP contribution is 2.14. The number of anilines is 1. The summed E-state index contributed by atoms with van der Waals surface area (Å²) in [5.74, 6) is -0.178. The van der Waals surface area contributed by atoms with Crippen molar-refractivity contribution >= 4 is 17.5 Å². The number of hydrogen-bond donors (Lipinski definition) is 2. The zero-order valence-electron chi connectivity index (χ0n) is 11.2. The van der Waals surface area contributed by atoms with Crippen molar-refractivity contribution in [1.29, 1.82) is 0 Å². The molecule has 1 aromatic rings. The van der Waals surface area contributed by atoms with Gasteiger partial charge in [0, 0.05) is 12.1 Å². The molecule has 2 N–H and O–H groups in total. The summed E-state index contributed by atoms with van der Waals surface area (Å²) in [7, 11) is 0.